The SMILES string of the molecule is CNC(=O)CSc1nnc(C)n1CCc1cccs1. The first-order valence-corrected chi connectivity index (χ1v) is 7.83. The van der Waals surface area contributed by atoms with Gasteiger partial charge in [0.2, 0.25) is 5.91 Å². The van der Waals surface area contributed by atoms with Crippen LogP contribution >= 0.6 is 23.1 Å². The molecule has 5 nitrogen and oxygen atoms in total. The summed E-state index contributed by atoms with van der Waals surface area (Å²) >= 11 is 3.17. The van der Waals surface area contributed by atoms with E-state index in [1.54, 1.807) is 18.4 Å². The van der Waals surface area contributed by atoms with Crippen LogP contribution in [0.3, 0.4) is 0 Å². The number of amides is 1. The number of hydrogen-bond acceptors (Lipinski definition) is 5. The molecule has 0 spiro atoms. The van der Waals surface area contributed by atoms with E-state index in [0.29, 0.717) is 5.75 Å². The summed E-state index contributed by atoms with van der Waals surface area (Å²) in [5, 5.41) is 13.7. The molecule has 0 aliphatic heterocycles. The van der Waals surface area contributed by atoms with Crippen molar-refractivity contribution in [3.05, 3.63) is 28.2 Å². The van der Waals surface area contributed by atoms with Crippen molar-refractivity contribution in [1.82, 2.24) is 20.1 Å². The molecule has 0 radical (unpaired) electrons. The van der Waals surface area contributed by atoms with Crippen LogP contribution in [-0.4, -0.2) is 33.5 Å². The van der Waals surface area contributed by atoms with E-state index in [-0.39, 0.29) is 5.91 Å². The van der Waals surface area contributed by atoms with Gasteiger partial charge in [0.25, 0.3) is 0 Å². The number of thioether (sulfide) groups is 1. The van der Waals surface area contributed by atoms with E-state index in [2.05, 4.69) is 37.6 Å². The Bertz CT molecular complexity index is 536. The van der Waals surface area contributed by atoms with Gasteiger partial charge in [-0.05, 0) is 24.8 Å². The molecular formula is C12H16N4OS2. The maximum Gasteiger partial charge on any atom is 0.230 e. The molecule has 0 aromatic carbocycles. The lowest BCUT2D eigenvalue weighted by atomic mass is 10.3. The Hall–Kier alpha value is -1.34. The van der Waals surface area contributed by atoms with E-state index in [0.717, 1.165) is 23.9 Å². The summed E-state index contributed by atoms with van der Waals surface area (Å²) in [6.45, 7) is 2.78. The molecule has 1 N–H and O–H groups in total. The van der Waals surface area contributed by atoms with Crippen LogP contribution in [0, 0.1) is 6.92 Å². The van der Waals surface area contributed by atoms with Crippen LogP contribution in [0.2, 0.25) is 0 Å². The smallest absolute Gasteiger partial charge is 0.230 e. The van der Waals surface area contributed by atoms with Gasteiger partial charge in [-0.3, -0.25) is 4.79 Å². The fourth-order valence-electron chi connectivity index (χ4n) is 1.60. The van der Waals surface area contributed by atoms with Crippen molar-refractivity contribution >= 4 is 29.0 Å². The summed E-state index contributed by atoms with van der Waals surface area (Å²) in [4.78, 5) is 12.6. The third kappa shape index (κ3) is 3.81. The molecule has 0 saturated carbocycles. The third-order valence-corrected chi connectivity index (χ3v) is 4.58. The van der Waals surface area contributed by atoms with Crippen molar-refractivity contribution in [2.75, 3.05) is 12.8 Å². The van der Waals surface area contributed by atoms with Gasteiger partial charge in [-0.1, -0.05) is 17.8 Å². The van der Waals surface area contributed by atoms with Gasteiger partial charge >= 0.3 is 0 Å². The molecule has 0 atom stereocenters. The van der Waals surface area contributed by atoms with Crippen molar-refractivity contribution in [3.8, 4) is 0 Å². The van der Waals surface area contributed by atoms with Crippen molar-refractivity contribution in [3.63, 3.8) is 0 Å². The number of nitrogens with zero attached hydrogens (tertiary/aromatic N) is 3. The first-order valence-electron chi connectivity index (χ1n) is 5.96. The Kier molecular flexibility index (Phi) is 4.98. The van der Waals surface area contributed by atoms with Gasteiger partial charge in [0.05, 0.1) is 5.75 Å². The first-order chi connectivity index (χ1) is 9.20. The zero-order chi connectivity index (χ0) is 13.7. The predicted octanol–water partition coefficient (Wildman–Crippen LogP) is 1.73. The normalized spacial score (nSPS) is 10.6. The van der Waals surface area contributed by atoms with Gasteiger partial charge in [-0.15, -0.1) is 21.5 Å². The lowest BCUT2D eigenvalue weighted by Gasteiger charge is -2.07. The summed E-state index contributed by atoms with van der Waals surface area (Å²) in [6.07, 6.45) is 0.962. The number of aromatic nitrogens is 3. The zero-order valence-corrected chi connectivity index (χ0v) is 12.6. The standard InChI is InChI=1S/C12H16N4OS2/c1-9-14-15-12(19-8-11(17)13-2)16(9)6-5-10-4-3-7-18-10/h3-4,7H,5-6,8H2,1-2H3,(H,13,17). The monoisotopic (exact) mass is 296 g/mol. The number of aryl methyl sites for hydroxylation is 2. The van der Waals surface area contributed by atoms with Gasteiger partial charge in [-0.25, -0.2) is 0 Å². The van der Waals surface area contributed by atoms with E-state index >= 15 is 0 Å². The van der Waals surface area contributed by atoms with E-state index in [1.165, 1.54) is 16.6 Å². The van der Waals surface area contributed by atoms with Crippen LogP contribution in [0.1, 0.15) is 10.7 Å². The van der Waals surface area contributed by atoms with Crippen LogP contribution in [0.4, 0.5) is 0 Å². The Labute approximate surface area is 120 Å². The highest BCUT2D eigenvalue weighted by Gasteiger charge is 2.11. The number of carbonyl (C=O) groups is 1. The topological polar surface area (TPSA) is 59.8 Å². The van der Waals surface area contributed by atoms with Gasteiger partial charge in [0.15, 0.2) is 5.16 Å². The highest BCUT2D eigenvalue weighted by molar-refractivity contribution is 7.99. The van der Waals surface area contributed by atoms with Gasteiger partial charge in [-0.2, -0.15) is 0 Å². The van der Waals surface area contributed by atoms with Crippen molar-refractivity contribution in [1.29, 1.82) is 0 Å². The molecule has 2 aromatic heterocycles. The van der Waals surface area contributed by atoms with Gasteiger partial charge < -0.3 is 9.88 Å². The molecule has 0 unspecified atom stereocenters. The van der Waals surface area contributed by atoms with E-state index < -0.39 is 0 Å². The lowest BCUT2D eigenvalue weighted by Crippen LogP contribution is -2.20. The highest BCUT2D eigenvalue weighted by atomic mass is 32.2. The van der Waals surface area contributed by atoms with Crippen molar-refractivity contribution in [2.45, 2.75) is 25.0 Å². The number of thiophene rings is 1. The van der Waals surface area contributed by atoms with Crippen LogP contribution in [0.5, 0.6) is 0 Å². The number of rotatable bonds is 6. The van der Waals surface area contributed by atoms with Crippen LogP contribution in [0.25, 0.3) is 0 Å². The molecule has 102 valence electrons. The Balaban J connectivity index is 1.98. The molecule has 1 amide bonds. The molecule has 0 saturated heterocycles. The van der Waals surface area contributed by atoms with Crippen molar-refractivity contribution in [2.24, 2.45) is 0 Å². The average Bonchev–Trinajstić information content (AvgIpc) is 3.04. The third-order valence-electron chi connectivity index (χ3n) is 2.67. The largest absolute Gasteiger partial charge is 0.358 e. The molecule has 19 heavy (non-hydrogen) atoms. The molecule has 2 aromatic rings. The van der Waals surface area contributed by atoms with Crippen LogP contribution in [0.15, 0.2) is 22.7 Å². The zero-order valence-electron chi connectivity index (χ0n) is 10.9. The van der Waals surface area contributed by atoms with Crippen LogP contribution in [-0.2, 0) is 17.8 Å². The second-order valence-electron chi connectivity index (χ2n) is 3.97. The molecule has 7 heteroatoms. The van der Waals surface area contributed by atoms with Crippen LogP contribution < -0.4 is 5.32 Å². The van der Waals surface area contributed by atoms with E-state index in [9.17, 15) is 4.79 Å². The number of hydrogen-bond donors (Lipinski definition) is 1. The van der Waals surface area contributed by atoms with Gasteiger partial charge in [0.1, 0.15) is 5.82 Å². The molecular weight excluding hydrogens is 280 g/mol. The molecule has 0 fully saturated rings. The lowest BCUT2D eigenvalue weighted by molar-refractivity contribution is -0.118. The number of nitrogens with one attached hydrogen (secondary N) is 1. The second kappa shape index (κ2) is 6.72. The average molecular weight is 296 g/mol. The van der Waals surface area contributed by atoms with E-state index in [1.807, 2.05) is 6.92 Å². The fourth-order valence-corrected chi connectivity index (χ4v) is 3.19. The summed E-state index contributed by atoms with van der Waals surface area (Å²) in [5.41, 5.74) is 0. The first kappa shape index (κ1) is 14.1. The van der Waals surface area contributed by atoms with Gasteiger partial charge in [0, 0.05) is 18.5 Å². The Morgan fingerprint density at radius 1 is 1.53 bits per heavy atom. The molecule has 0 aliphatic rings. The summed E-state index contributed by atoms with van der Waals surface area (Å²) in [7, 11) is 1.63. The Morgan fingerprint density at radius 2 is 2.37 bits per heavy atom. The summed E-state index contributed by atoms with van der Waals surface area (Å²) in [5.74, 6) is 1.25. The Morgan fingerprint density at radius 3 is 3.05 bits per heavy atom. The molecule has 0 bridgehead atoms. The van der Waals surface area contributed by atoms with Crippen molar-refractivity contribution < 1.29 is 4.79 Å². The molecule has 0 aliphatic carbocycles. The summed E-state index contributed by atoms with van der Waals surface area (Å²) in [6, 6.07) is 4.18. The highest BCUT2D eigenvalue weighted by Crippen LogP contribution is 2.18. The fraction of sp³-hybridized carbons (Fsp3) is 0.417. The maximum atomic E-state index is 11.3. The molecule has 2 rings (SSSR count). The maximum absolute atomic E-state index is 11.3. The number of carbonyl (C=O) groups excluding carboxylic acids is 1. The van der Waals surface area contributed by atoms with E-state index in [4.69, 9.17) is 0 Å². The summed E-state index contributed by atoms with van der Waals surface area (Å²) < 4.78 is 2.06. The minimum atomic E-state index is -0.00420. The second-order valence-corrected chi connectivity index (χ2v) is 5.95. The minimum absolute atomic E-state index is 0.00420. The minimum Gasteiger partial charge on any atom is -0.358 e. The molecule has 2 heterocycles. The quantitative estimate of drug-likeness (QED) is 0.825. The predicted molar refractivity (Wildman–Crippen MR) is 77.6 cm³/mol.